The van der Waals surface area contributed by atoms with Gasteiger partial charge in [-0.15, -0.1) is 0 Å². The summed E-state index contributed by atoms with van der Waals surface area (Å²) in [5, 5.41) is 9.38. The van der Waals surface area contributed by atoms with Crippen LogP contribution in [0.1, 0.15) is 32.0 Å². The van der Waals surface area contributed by atoms with E-state index in [1.54, 1.807) is 23.7 Å². The number of para-hydroxylation sites is 1. The molecule has 0 N–H and O–H groups in total. The molecule has 4 aromatic rings. The summed E-state index contributed by atoms with van der Waals surface area (Å²) < 4.78 is 3.80. The fraction of sp³-hybridized carbons (Fsp3) is 0.385. The average Bonchev–Trinajstić information content (AvgIpc) is 3.27. The van der Waals surface area contributed by atoms with Crippen molar-refractivity contribution in [3.8, 4) is 6.07 Å². The number of hydrogen-bond donors (Lipinski definition) is 0. The molecule has 1 aliphatic rings. The number of rotatable bonds is 4. The van der Waals surface area contributed by atoms with E-state index < -0.39 is 0 Å². The molecule has 3 aromatic heterocycles. The van der Waals surface area contributed by atoms with Gasteiger partial charge in [-0.2, -0.15) is 5.26 Å². The van der Waals surface area contributed by atoms with Gasteiger partial charge < -0.3 is 14.0 Å². The minimum Gasteiger partial charge on any atom is -0.364 e. The van der Waals surface area contributed by atoms with Gasteiger partial charge in [0.1, 0.15) is 17.3 Å². The van der Waals surface area contributed by atoms with Crippen molar-refractivity contribution in [3.05, 3.63) is 64.3 Å². The van der Waals surface area contributed by atoms with Gasteiger partial charge in [-0.1, -0.05) is 12.1 Å². The van der Waals surface area contributed by atoms with Crippen LogP contribution in [0.5, 0.6) is 0 Å². The fourth-order valence-electron chi connectivity index (χ4n) is 5.14. The number of aryl methyl sites for hydroxylation is 2. The van der Waals surface area contributed by atoms with Crippen LogP contribution in [0.3, 0.4) is 0 Å². The second kappa shape index (κ2) is 8.58. The molecule has 34 heavy (non-hydrogen) atoms. The van der Waals surface area contributed by atoms with Crippen molar-refractivity contribution in [2.75, 3.05) is 18.0 Å². The van der Waals surface area contributed by atoms with Crippen molar-refractivity contribution >= 4 is 27.8 Å². The summed E-state index contributed by atoms with van der Waals surface area (Å²) in [6.45, 7) is 9.91. The Morgan fingerprint density at radius 3 is 2.74 bits per heavy atom. The van der Waals surface area contributed by atoms with Crippen LogP contribution in [0.25, 0.3) is 22.1 Å². The number of pyridine rings is 2. The van der Waals surface area contributed by atoms with Crippen LogP contribution in [-0.4, -0.2) is 49.2 Å². The molecule has 174 valence electrons. The summed E-state index contributed by atoms with van der Waals surface area (Å²) >= 11 is 0. The Morgan fingerprint density at radius 1 is 1.15 bits per heavy atom. The van der Waals surface area contributed by atoms with Gasteiger partial charge in [-0.3, -0.25) is 9.69 Å². The molecule has 1 aliphatic heterocycles. The summed E-state index contributed by atoms with van der Waals surface area (Å²) in [5.74, 6) is 0. The lowest BCUT2D eigenvalue weighted by molar-refractivity contribution is 0.158. The van der Waals surface area contributed by atoms with E-state index in [-0.39, 0.29) is 17.6 Å². The van der Waals surface area contributed by atoms with E-state index in [1.807, 2.05) is 12.4 Å². The second-order valence-electron chi connectivity index (χ2n) is 9.20. The quantitative estimate of drug-likeness (QED) is 0.470. The highest BCUT2D eigenvalue weighted by Crippen LogP contribution is 2.30. The van der Waals surface area contributed by atoms with Crippen LogP contribution in [0.4, 0.5) is 5.69 Å². The van der Waals surface area contributed by atoms with E-state index >= 15 is 0 Å². The Balaban J connectivity index is 1.48. The normalized spacial score (nSPS) is 19.1. The van der Waals surface area contributed by atoms with Gasteiger partial charge in [-0.25, -0.2) is 9.97 Å². The van der Waals surface area contributed by atoms with E-state index in [0.717, 1.165) is 42.9 Å². The topological polar surface area (TPSA) is 83.0 Å². The molecule has 0 saturated carbocycles. The van der Waals surface area contributed by atoms with Crippen LogP contribution in [-0.2, 0) is 20.1 Å². The Kier molecular flexibility index (Phi) is 5.58. The number of benzene rings is 1. The van der Waals surface area contributed by atoms with Crippen LogP contribution >= 0.6 is 0 Å². The summed E-state index contributed by atoms with van der Waals surface area (Å²) in [6, 6.07) is 14.1. The minimum atomic E-state index is -0.0733. The van der Waals surface area contributed by atoms with Gasteiger partial charge in [0.2, 0.25) is 0 Å². The highest BCUT2D eigenvalue weighted by Gasteiger charge is 2.31. The van der Waals surface area contributed by atoms with Crippen LogP contribution < -0.4 is 10.5 Å². The summed E-state index contributed by atoms with van der Waals surface area (Å²) in [6.07, 6.45) is 1.92. The molecule has 0 radical (unpaired) electrons. The molecule has 8 nitrogen and oxygen atoms in total. The largest absolute Gasteiger partial charge is 0.364 e. The van der Waals surface area contributed by atoms with Crippen molar-refractivity contribution in [1.29, 1.82) is 5.26 Å². The number of fused-ring (bicyclic) bond motifs is 2. The molecular formula is C26H29N7O. The lowest BCUT2D eigenvalue weighted by Gasteiger charge is -2.45. The summed E-state index contributed by atoms with van der Waals surface area (Å²) in [5.41, 5.74) is 6.04. The zero-order valence-corrected chi connectivity index (χ0v) is 20.1. The maximum absolute atomic E-state index is 12.7. The lowest BCUT2D eigenvalue weighted by Crippen LogP contribution is -2.56. The van der Waals surface area contributed by atoms with Crippen LogP contribution in [0.2, 0.25) is 0 Å². The first kappa shape index (κ1) is 22.1. The van der Waals surface area contributed by atoms with Crippen molar-refractivity contribution in [1.82, 2.24) is 24.0 Å². The van der Waals surface area contributed by atoms with E-state index in [9.17, 15) is 10.1 Å². The summed E-state index contributed by atoms with van der Waals surface area (Å²) in [7, 11) is 1.74. The maximum atomic E-state index is 12.7. The van der Waals surface area contributed by atoms with Gasteiger partial charge in [0.15, 0.2) is 0 Å². The molecule has 0 amide bonds. The van der Waals surface area contributed by atoms with Gasteiger partial charge in [0, 0.05) is 51.4 Å². The van der Waals surface area contributed by atoms with Crippen molar-refractivity contribution < 1.29 is 0 Å². The first-order valence-electron chi connectivity index (χ1n) is 11.8. The molecule has 8 heteroatoms. The molecule has 1 saturated heterocycles. The number of hydrogen-bond acceptors (Lipinski definition) is 6. The first-order valence-corrected chi connectivity index (χ1v) is 11.8. The predicted octanol–water partition coefficient (Wildman–Crippen LogP) is 3.27. The fourth-order valence-corrected chi connectivity index (χ4v) is 5.14. The zero-order valence-electron chi connectivity index (χ0n) is 20.1. The third-order valence-electron chi connectivity index (χ3n) is 7.04. The number of imidazole rings is 1. The third-order valence-corrected chi connectivity index (χ3v) is 7.04. The van der Waals surface area contributed by atoms with Crippen LogP contribution in [0, 0.1) is 11.3 Å². The van der Waals surface area contributed by atoms with Crippen molar-refractivity contribution in [3.63, 3.8) is 0 Å². The SMILES string of the molecule is CCn1cnc2cccc(CN3C[C@H](C)N(c4cc(=O)n(C)c5ccc(C#N)nc45)CC3C)c21. The molecule has 0 aliphatic carbocycles. The smallest absolute Gasteiger partial charge is 0.252 e. The molecule has 0 bridgehead atoms. The highest BCUT2D eigenvalue weighted by molar-refractivity contribution is 5.89. The van der Waals surface area contributed by atoms with Gasteiger partial charge in [0.25, 0.3) is 5.56 Å². The minimum absolute atomic E-state index is 0.0733. The molecule has 0 spiro atoms. The van der Waals surface area contributed by atoms with Gasteiger partial charge in [-0.05, 0) is 44.5 Å². The monoisotopic (exact) mass is 455 g/mol. The molecule has 2 atom stereocenters. The Bertz CT molecular complexity index is 1480. The van der Waals surface area contributed by atoms with E-state index in [2.05, 4.69) is 69.4 Å². The lowest BCUT2D eigenvalue weighted by atomic mass is 10.0. The number of anilines is 1. The Labute approximate surface area is 198 Å². The molecule has 1 fully saturated rings. The van der Waals surface area contributed by atoms with Crippen molar-refractivity contribution in [2.45, 2.75) is 45.9 Å². The standard InChI is InChI=1S/C26H29N7O/c1-5-31-16-28-21-8-6-7-19(26(21)31)15-32-13-18(3)33(14-17(32)2)23-11-24(34)30(4)22-10-9-20(12-27)29-25(22)23/h6-11,16-18H,5,13-15H2,1-4H3/t17?,18-/m0/s1. The maximum Gasteiger partial charge on any atom is 0.252 e. The van der Waals surface area contributed by atoms with Crippen molar-refractivity contribution in [2.24, 2.45) is 7.05 Å². The number of nitrogens with zero attached hydrogens (tertiary/aromatic N) is 7. The van der Waals surface area contributed by atoms with Gasteiger partial charge >= 0.3 is 0 Å². The van der Waals surface area contributed by atoms with Crippen LogP contribution in [0.15, 0.2) is 47.5 Å². The highest BCUT2D eigenvalue weighted by atomic mass is 16.1. The molecular weight excluding hydrogens is 426 g/mol. The molecule has 4 heterocycles. The van der Waals surface area contributed by atoms with Gasteiger partial charge in [0.05, 0.1) is 28.6 Å². The predicted molar refractivity (Wildman–Crippen MR) is 134 cm³/mol. The number of piperazine rings is 1. The molecule has 1 aromatic carbocycles. The first-order chi connectivity index (χ1) is 16.4. The average molecular weight is 456 g/mol. The Morgan fingerprint density at radius 2 is 1.97 bits per heavy atom. The molecule has 5 rings (SSSR count). The third kappa shape index (κ3) is 3.62. The summed E-state index contributed by atoms with van der Waals surface area (Å²) in [4.78, 5) is 26.6. The van der Waals surface area contributed by atoms with E-state index in [1.165, 1.54) is 11.1 Å². The number of aromatic nitrogens is 4. The number of nitriles is 1. The Hall–Kier alpha value is -3.70. The van der Waals surface area contributed by atoms with E-state index in [4.69, 9.17) is 0 Å². The van der Waals surface area contributed by atoms with E-state index in [0.29, 0.717) is 11.2 Å². The second-order valence-corrected chi connectivity index (χ2v) is 9.20. The zero-order chi connectivity index (χ0) is 24.0. The molecule has 1 unspecified atom stereocenters.